The van der Waals surface area contributed by atoms with Crippen LogP contribution < -0.4 is 0 Å². The Bertz CT molecular complexity index is 476. The van der Waals surface area contributed by atoms with Crippen LogP contribution >= 0.6 is 0 Å². The molecule has 0 radical (unpaired) electrons. The van der Waals surface area contributed by atoms with E-state index in [1.165, 1.54) is 5.56 Å². The molecule has 116 valence electrons. The van der Waals surface area contributed by atoms with Crippen molar-refractivity contribution in [3.63, 3.8) is 0 Å². The Hall–Kier alpha value is -1.19. The van der Waals surface area contributed by atoms with Crippen molar-refractivity contribution in [2.24, 2.45) is 0 Å². The molecule has 3 nitrogen and oxygen atoms in total. The number of rotatable bonds is 4. The smallest absolute Gasteiger partial charge is 0.176 e. The molecule has 1 aliphatic heterocycles. The van der Waals surface area contributed by atoms with E-state index in [9.17, 15) is 9.90 Å². The average Bonchev–Trinajstić information content (AvgIpc) is 2.60. The molecule has 1 atom stereocenters. The molecule has 0 aromatic heterocycles. The fourth-order valence-electron chi connectivity index (χ4n) is 2.83. The van der Waals surface area contributed by atoms with Gasteiger partial charge in [-0.2, -0.15) is 0 Å². The fraction of sp³-hybridized carbons (Fsp3) is 0.611. The van der Waals surface area contributed by atoms with Crippen LogP contribution in [0.4, 0.5) is 0 Å². The van der Waals surface area contributed by atoms with Gasteiger partial charge in [-0.15, -0.1) is 0 Å². The summed E-state index contributed by atoms with van der Waals surface area (Å²) in [5.41, 5.74) is 1.48. The minimum absolute atomic E-state index is 0.173. The number of carbonyl (C=O) groups excluding carboxylic acids is 1. The Morgan fingerprint density at radius 2 is 1.90 bits per heavy atom. The summed E-state index contributed by atoms with van der Waals surface area (Å²) in [5.74, 6) is 0.661. The zero-order valence-corrected chi connectivity index (χ0v) is 13.4. The summed E-state index contributed by atoms with van der Waals surface area (Å²) in [6, 6.07) is 7.97. The van der Waals surface area contributed by atoms with E-state index in [1.54, 1.807) is 0 Å². The lowest BCUT2D eigenvalue weighted by atomic mass is 9.98. The summed E-state index contributed by atoms with van der Waals surface area (Å²) in [6.45, 7) is 8.34. The number of carbonyl (C=O) groups is 1. The molecule has 1 aliphatic rings. The molecule has 1 aromatic carbocycles. The number of benzene rings is 1. The van der Waals surface area contributed by atoms with Crippen LogP contribution in [-0.2, 0) is 0 Å². The second-order valence-corrected chi connectivity index (χ2v) is 6.83. The second kappa shape index (κ2) is 6.71. The number of aliphatic hydroxyl groups is 1. The highest BCUT2D eigenvalue weighted by Crippen LogP contribution is 2.21. The van der Waals surface area contributed by atoms with E-state index in [4.69, 9.17) is 0 Å². The molecule has 21 heavy (non-hydrogen) atoms. The minimum Gasteiger partial charge on any atom is -0.390 e. The summed E-state index contributed by atoms with van der Waals surface area (Å²) in [6.07, 6.45) is 2.51. The Kier molecular flexibility index (Phi) is 5.17. The van der Waals surface area contributed by atoms with Crippen molar-refractivity contribution < 1.29 is 9.90 Å². The second-order valence-electron chi connectivity index (χ2n) is 6.83. The lowest BCUT2D eigenvalue weighted by Gasteiger charge is -2.22. The van der Waals surface area contributed by atoms with Crippen LogP contribution in [0.1, 0.15) is 61.9 Å². The molecule has 0 aliphatic carbocycles. The summed E-state index contributed by atoms with van der Waals surface area (Å²) >= 11 is 0. The number of nitrogens with zero attached hydrogens (tertiary/aromatic N) is 1. The van der Waals surface area contributed by atoms with Gasteiger partial charge in [-0.05, 0) is 44.2 Å². The van der Waals surface area contributed by atoms with E-state index >= 15 is 0 Å². The third kappa shape index (κ3) is 4.65. The van der Waals surface area contributed by atoms with E-state index in [1.807, 2.05) is 31.2 Å². The molecule has 1 heterocycles. The van der Waals surface area contributed by atoms with Crippen LogP contribution in [0.3, 0.4) is 0 Å². The predicted molar refractivity (Wildman–Crippen MR) is 85.8 cm³/mol. The van der Waals surface area contributed by atoms with Gasteiger partial charge in [0.2, 0.25) is 0 Å². The van der Waals surface area contributed by atoms with E-state index in [0.29, 0.717) is 12.5 Å². The number of Topliss-reactive ketones (excluding diaryl/α,β-unsaturated/α-hetero) is 1. The van der Waals surface area contributed by atoms with Crippen molar-refractivity contribution in [2.75, 3.05) is 19.6 Å². The first-order valence-corrected chi connectivity index (χ1v) is 7.95. The van der Waals surface area contributed by atoms with Crippen molar-refractivity contribution in [2.45, 2.75) is 51.6 Å². The molecule has 1 unspecified atom stereocenters. The van der Waals surface area contributed by atoms with E-state index in [-0.39, 0.29) is 5.78 Å². The number of hydrogen-bond acceptors (Lipinski definition) is 3. The lowest BCUT2D eigenvalue weighted by molar-refractivity contribution is 0.0444. The molecule has 0 amide bonds. The first-order chi connectivity index (χ1) is 9.87. The molecule has 1 saturated heterocycles. The summed E-state index contributed by atoms with van der Waals surface area (Å²) in [5, 5.41) is 10.1. The molecule has 1 fully saturated rings. The van der Waals surface area contributed by atoms with Crippen molar-refractivity contribution in [3.8, 4) is 0 Å². The number of ketones is 1. The number of hydrogen-bond donors (Lipinski definition) is 1. The van der Waals surface area contributed by atoms with Gasteiger partial charge >= 0.3 is 0 Å². The summed E-state index contributed by atoms with van der Waals surface area (Å²) in [4.78, 5) is 14.5. The Balaban J connectivity index is 1.94. The fourth-order valence-corrected chi connectivity index (χ4v) is 2.83. The first-order valence-electron chi connectivity index (χ1n) is 7.95. The van der Waals surface area contributed by atoms with Crippen molar-refractivity contribution in [3.05, 3.63) is 35.4 Å². The summed E-state index contributed by atoms with van der Waals surface area (Å²) in [7, 11) is 0. The highest BCUT2D eigenvalue weighted by atomic mass is 16.3. The molecule has 3 heteroatoms. The van der Waals surface area contributed by atoms with Crippen LogP contribution in [0.25, 0.3) is 0 Å². The van der Waals surface area contributed by atoms with Crippen molar-refractivity contribution in [1.82, 2.24) is 4.90 Å². The van der Waals surface area contributed by atoms with Gasteiger partial charge in [-0.1, -0.05) is 38.1 Å². The molecule has 1 aromatic rings. The Morgan fingerprint density at radius 1 is 1.24 bits per heavy atom. The highest BCUT2D eigenvalue weighted by molar-refractivity contribution is 5.97. The van der Waals surface area contributed by atoms with Gasteiger partial charge < -0.3 is 5.11 Å². The third-order valence-electron chi connectivity index (χ3n) is 4.42. The number of likely N-dealkylation sites (tertiary alicyclic amines) is 1. The summed E-state index contributed by atoms with van der Waals surface area (Å²) < 4.78 is 0. The van der Waals surface area contributed by atoms with Crippen LogP contribution in [0.5, 0.6) is 0 Å². The van der Waals surface area contributed by atoms with Gasteiger partial charge in [0.05, 0.1) is 12.1 Å². The monoisotopic (exact) mass is 289 g/mol. The molecule has 0 bridgehead atoms. The normalized spacial score (nSPS) is 24.0. The van der Waals surface area contributed by atoms with Crippen LogP contribution in [0.15, 0.2) is 24.3 Å². The Morgan fingerprint density at radius 3 is 2.52 bits per heavy atom. The van der Waals surface area contributed by atoms with E-state index in [0.717, 1.165) is 37.9 Å². The van der Waals surface area contributed by atoms with Gasteiger partial charge in [0, 0.05) is 12.1 Å². The first kappa shape index (κ1) is 16.2. The van der Waals surface area contributed by atoms with Crippen LogP contribution in [0, 0.1) is 0 Å². The maximum absolute atomic E-state index is 12.4. The standard InChI is InChI=1S/C18H27NO2/c1-14(2)15-5-7-16(8-6-15)17(20)13-19-11-4-9-18(3,21)10-12-19/h5-8,14,21H,4,9-13H2,1-3H3. The Labute approximate surface area is 128 Å². The topological polar surface area (TPSA) is 40.5 Å². The molecule has 0 spiro atoms. The SMILES string of the molecule is CC(C)c1ccc(C(=O)CN2CCCC(C)(O)CC2)cc1. The van der Waals surface area contributed by atoms with Crippen LogP contribution in [0.2, 0.25) is 0 Å². The average molecular weight is 289 g/mol. The molecule has 2 rings (SSSR count). The zero-order chi connectivity index (χ0) is 15.5. The quantitative estimate of drug-likeness (QED) is 0.865. The molecular weight excluding hydrogens is 262 g/mol. The van der Waals surface area contributed by atoms with Crippen LogP contribution in [-0.4, -0.2) is 41.0 Å². The van der Waals surface area contributed by atoms with Crippen molar-refractivity contribution >= 4 is 5.78 Å². The van der Waals surface area contributed by atoms with Gasteiger partial charge in [0.25, 0.3) is 0 Å². The van der Waals surface area contributed by atoms with Crippen molar-refractivity contribution in [1.29, 1.82) is 0 Å². The van der Waals surface area contributed by atoms with Gasteiger partial charge in [-0.25, -0.2) is 0 Å². The maximum atomic E-state index is 12.4. The van der Waals surface area contributed by atoms with Gasteiger partial charge in [0.15, 0.2) is 5.78 Å². The van der Waals surface area contributed by atoms with Gasteiger partial charge in [0.1, 0.15) is 0 Å². The minimum atomic E-state index is -0.573. The van der Waals surface area contributed by atoms with Gasteiger partial charge in [-0.3, -0.25) is 9.69 Å². The molecular formula is C18H27NO2. The third-order valence-corrected chi connectivity index (χ3v) is 4.42. The maximum Gasteiger partial charge on any atom is 0.176 e. The van der Waals surface area contributed by atoms with E-state index in [2.05, 4.69) is 18.7 Å². The lowest BCUT2D eigenvalue weighted by Crippen LogP contribution is -2.32. The highest BCUT2D eigenvalue weighted by Gasteiger charge is 2.25. The molecule has 0 saturated carbocycles. The molecule has 1 N–H and O–H groups in total. The zero-order valence-electron chi connectivity index (χ0n) is 13.4. The van der Waals surface area contributed by atoms with E-state index < -0.39 is 5.60 Å². The predicted octanol–water partition coefficient (Wildman–Crippen LogP) is 3.23. The largest absolute Gasteiger partial charge is 0.390 e.